The Labute approximate surface area is 114 Å². The zero-order valence-corrected chi connectivity index (χ0v) is 10.6. The van der Waals surface area contributed by atoms with Crippen LogP contribution < -0.4 is 15.2 Å². The second kappa shape index (κ2) is 5.71. The molecule has 0 aliphatic rings. The van der Waals surface area contributed by atoms with Crippen molar-refractivity contribution in [3.05, 3.63) is 23.9 Å². The van der Waals surface area contributed by atoms with E-state index in [4.69, 9.17) is 20.5 Å². The van der Waals surface area contributed by atoms with Crippen LogP contribution in [0.4, 0.5) is 0 Å². The maximum atomic E-state index is 11.3. The van der Waals surface area contributed by atoms with Crippen molar-refractivity contribution in [1.82, 2.24) is 15.4 Å². The van der Waals surface area contributed by atoms with Gasteiger partial charge in [-0.15, -0.1) is 0 Å². The van der Waals surface area contributed by atoms with E-state index >= 15 is 0 Å². The third-order valence-electron chi connectivity index (χ3n) is 2.52. The first kappa shape index (κ1) is 13.4. The molecule has 0 saturated heterocycles. The van der Waals surface area contributed by atoms with Crippen molar-refractivity contribution >= 4 is 5.91 Å². The van der Waals surface area contributed by atoms with Crippen LogP contribution >= 0.6 is 0 Å². The molecule has 1 aromatic carbocycles. The molecule has 0 aliphatic heterocycles. The van der Waals surface area contributed by atoms with Crippen molar-refractivity contribution in [3.8, 4) is 28.8 Å². The number of rotatable bonds is 5. The molecule has 0 atom stereocenters. The fourth-order valence-corrected chi connectivity index (χ4v) is 1.65. The van der Waals surface area contributed by atoms with Gasteiger partial charge in [0.1, 0.15) is 23.3 Å². The van der Waals surface area contributed by atoms with Gasteiger partial charge in [0.25, 0.3) is 5.91 Å². The Morgan fingerprint density at radius 1 is 1.50 bits per heavy atom. The van der Waals surface area contributed by atoms with Gasteiger partial charge in [0.05, 0.1) is 12.7 Å². The summed E-state index contributed by atoms with van der Waals surface area (Å²) in [5.74, 6) is 0.203. The van der Waals surface area contributed by atoms with E-state index in [1.165, 1.54) is 7.11 Å². The zero-order valence-electron chi connectivity index (χ0n) is 10.6. The van der Waals surface area contributed by atoms with Gasteiger partial charge in [0, 0.05) is 0 Å². The number of aromatic nitrogens is 3. The predicted molar refractivity (Wildman–Crippen MR) is 68.0 cm³/mol. The average Bonchev–Trinajstić information content (AvgIpc) is 2.94. The highest BCUT2D eigenvalue weighted by Gasteiger charge is 2.19. The number of H-pyrrole nitrogens is 1. The number of nitrogens with zero attached hydrogens (tertiary/aromatic N) is 3. The Hall–Kier alpha value is -3.08. The fraction of sp³-hybridized carbons (Fsp3) is 0.167. The fourth-order valence-electron chi connectivity index (χ4n) is 1.65. The number of nitrogens with one attached hydrogen (secondary N) is 1. The summed E-state index contributed by atoms with van der Waals surface area (Å²) >= 11 is 0. The highest BCUT2D eigenvalue weighted by Crippen LogP contribution is 2.33. The standard InChI is InChI=1S/C12H11N5O3/c1-19-7-2-3-9(20-5-4-13)8(6-7)10-11(12(14)18)16-17-15-10/h2-3,6H,5H2,1H3,(H2,14,18)(H,15,16,17). The van der Waals surface area contributed by atoms with Crippen molar-refractivity contribution in [2.24, 2.45) is 5.73 Å². The summed E-state index contributed by atoms with van der Waals surface area (Å²) in [5, 5.41) is 18.5. The van der Waals surface area contributed by atoms with E-state index in [0.717, 1.165) is 0 Å². The predicted octanol–water partition coefficient (Wildman–Crippen LogP) is 0.482. The molecular formula is C12H11N5O3. The minimum atomic E-state index is -0.720. The molecule has 0 unspecified atom stereocenters. The first-order valence-electron chi connectivity index (χ1n) is 5.56. The van der Waals surface area contributed by atoms with E-state index in [9.17, 15) is 4.79 Å². The molecule has 0 fully saturated rings. The van der Waals surface area contributed by atoms with Crippen molar-refractivity contribution < 1.29 is 14.3 Å². The third-order valence-corrected chi connectivity index (χ3v) is 2.52. The van der Waals surface area contributed by atoms with Crippen LogP contribution in [0.1, 0.15) is 10.5 Å². The van der Waals surface area contributed by atoms with Crippen LogP contribution in [0.3, 0.4) is 0 Å². The maximum absolute atomic E-state index is 11.3. The molecule has 0 radical (unpaired) electrons. The highest BCUT2D eigenvalue weighted by molar-refractivity contribution is 5.97. The highest BCUT2D eigenvalue weighted by atomic mass is 16.5. The van der Waals surface area contributed by atoms with Crippen LogP contribution in [0.25, 0.3) is 11.3 Å². The molecule has 3 N–H and O–H groups in total. The van der Waals surface area contributed by atoms with Gasteiger partial charge in [-0.1, -0.05) is 0 Å². The summed E-state index contributed by atoms with van der Waals surface area (Å²) in [6.45, 7) is -0.136. The molecule has 20 heavy (non-hydrogen) atoms. The van der Waals surface area contributed by atoms with Crippen LogP contribution in [0, 0.1) is 11.3 Å². The Balaban J connectivity index is 2.54. The van der Waals surface area contributed by atoms with E-state index < -0.39 is 5.91 Å². The number of aromatic amines is 1. The SMILES string of the molecule is COc1ccc(OCC#N)c(-c2n[nH]nc2C(N)=O)c1. The Kier molecular flexibility index (Phi) is 3.81. The molecule has 102 valence electrons. The third kappa shape index (κ3) is 2.51. The Morgan fingerprint density at radius 3 is 2.95 bits per heavy atom. The molecule has 2 aromatic rings. The molecule has 2 rings (SSSR count). The van der Waals surface area contributed by atoms with E-state index in [1.54, 1.807) is 18.2 Å². The van der Waals surface area contributed by atoms with E-state index in [-0.39, 0.29) is 18.0 Å². The van der Waals surface area contributed by atoms with Crippen LogP contribution in [0.15, 0.2) is 18.2 Å². The molecular weight excluding hydrogens is 262 g/mol. The second-order valence-electron chi connectivity index (χ2n) is 3.69. The van der Waals surface area contributed by atoms with Crippen molar-refractivity contribution in [1.29, 1.82) is 5.26 Å². The average molecular weight is 273 g/mol. The quantitative estimate of drug-likeness (QED) is 0.815. The van der Waals surface area contributed by atoms with E-state index in [0.29, 0.717) is 17.1 Å². The number of carbonyl (C=O) groups excluding carboxylic acids is 1. The van der Waals surface area contributed by atoms with Gasteiger partial charge in [-0.3, -0.25) is 4.79 Å². The zero-order chi connectivity index (χ0) is 14.5. The summed E-state index contributed by atoms with van der Waals surface area (Å²) in [5.41, 5.74) is 5.92. The lowest BCUT2D eigenvalue weighted by Crippen LogP contribution is -2.13. The number of amides is 1. The Morgan fingerprint density at radius 2 is 2.30 bits per heavy atom. The number of hydrogen-bond donors (Lipinski definition) is 2. The minimum Gasteiger partial charge on any atom is -0.497 e. The summed E-state index contributed by atoms with van der Waals surface area (Å²) in [7, 11) is 1.51. The smallest absolute Gasteiger partial charge is 0.271 e. The lowest BCUT2D eigenvalue weighted by Gasteiger charge is -2.09. The molecule has 0 saturated carbocycles. The van der Waals surface area contributed by atoms with Gasteiger partial charge >= 0.3 is 0 Å². The van der Waals surface area contributed by atoms with Gasteiger partial charge in [0.2, 0.25) is 0 Å². The lowest BCUT2D eigenvalue weighted by atomic mass is 10.1. The first-order valence-corrected chi connectivity index (χ1v) is 5.56. The van der Waals surface area contributed by atoms with Crippen LogP contribution in [-0.4, -0.2) is 35.0 Å². The summed E-state index contributed by atoms with van der Waals surface area (Å²) < 4.78 is 10.4. The van der Waals surface area contributed by atoms with Crippen molar-refractivity contribution in [2.75, 3.05) is 13.7 Å². The molecule has 0 aliphatic carbocycles. The number of ether oxygens (including phenoxy) is 2. The number of carbonyl (C=O) groups is 1. The first-order chi connectivity index (χ1) is 9.67. The van der Waals surface area contributed by atoms with Crippen LogP contribution in [0.2, 0.25) is 0 Å². The van der Waals surface area contributed by atoms with Gasteiger partial charge < -0.3 is 15.2 Å². The molecule has 1 heterocycles. The summed E-state index contributed by atoms with van der Waals surface area (Å²) in [6.07, 6.45) is 0. The van der Waals surface area contributed by atoms with E-state index in [1.807, 2.05) is 6.07 Å². The van der Waals surface area contributed by atoms with Crippen LogP contribution in [0.5, 0.6) is 11.5 Å². The lowest BCUT2D eigenvalue weighted by molar-refractivity contribution is 0.0996. The molecule has 1 amide bonds. The molecule has 8 nitrogen and oxygen atoms in total. The molecule has 8 heteroatoms. The van der Waals surface area contributed by atoms with Crippen LogP contribution in [-0.2, 0) is 0 Å². The number of primary amides is 1. The largest absolute Gasteiger partial charge is 0.497 e. The van der Waals surface area contributed by atoms with Gasteiger partial charge in [0.15, 0.2) is 12.3 Å². The number of nitriles is 1. The van der Waals surface area contributed by atoms with Gasteiger partial charge in [-0.25, -0.2) is 0 Å². The molecule has 0 bridgehead atoms. The monoisotopic (exact) mass is 273 g/mol. The van der Waals surface area contributed by atoms with Crippen molar-refractivity contribution in [2.45, 2.75) is 0 Å². The number of nitrogens with two attached hydrogens (primary N) is 1. The van der Waals surface area contributed by atoms with Gasteiger partial charge in [-0.2, -0.15) is 20.7 Å². The topological polar surface area (TPSA) is 127 Å². The normalized spacial score (nSPS) is 9.80. The maximum Gasteiger partial charge on any atom is 0.271 e. The van der Waals surface area contributed by atoms with E-state index in [2.05, 4.69) is 15.4 Å². The number of benzene rings is 1. The summed E-state index contributed by atoms with van der Waals surface area (Å²) in [4.78, 5) is 11.3. The van der Waals surface area contributed by atoms with Gasteiger partial charge in [-0.05, 0) is 18.2 Å². The Bertz CT molecular complexity index is 674. The molecule has 1 aromatic heterocycles. The number of methoxy groups -OCH3 is 1. The second-order valence-corrected chi connectivity index (χ2v) is 3.69. The van der Waals surface area contributed by atoms with Crippen molar-refractivity contribution in [3.63, 3.8) is 0 Å². The molecule has 0 spiro atoms. The minimum absolute atomic E-state index is 0.0138. The number of hydrogen-bond acceptors (Lipinski definition) is 6. The summed E-state index contributed by atoms with van der Waals surface area (Å²) in [6, 6.07) is 6.77.